The van der Waals surface area contributed by atoms with Crippen molar-refractivity contribution in [3.8, 4) is 17.6 Å². The van der Waals surface area contributed by atoms with Crippen LogP contribution in [0.5, 0.6) is 11.5 Å². The fraction of sp³-hybridized carbons (Fsp3) is 0.353. The lowest BCUT2D eigenvalue weighted by atomic mass is 9.91. The summed E-state index contributed by atoms with van der Waals surface area (Å²) >= 11 is 0. The number of nitrogens with two attached hydrogens (primary N) is 1. The van der Waals surface area contributed by atoms with E-state index in [1.54, 1.807) is 59.5 Å². The van der Waals surface area contributed by atoms with Gasteiger partial charge < -0.3 is 35.6 Å². The Morgan fingerprint density at radius 3 is 2.07 bits per heavy atom. The van der Waals surface area contributed by atoms with Crippen LogP contribution in [0.15, 0.2) is 60.7 Å². The molecule has 0 spiro atoms. The summed E-state index contributed by atoms with van der Waals surface area (Å²) in [6.45, 7) is 1.98. The van der Waals surface area contributed by atoms with Crippen molar-refractivity contribution in [1.82, 2.24) is 10.2 Å². The number of benzene rings is 3. The van der Waals surface area contributed by atoms with Crippen molar-refractivity contribution in [2.24, 2.45) is 5.73 Å². The Morgan fingerprint density at radius 2 is 1.42 bits per heavy atom. The highest BCUT2D eigenvalue weighted by Crippen LogP contribution is 2.31. The lowest BCUT2D eigenvalue weighted by molar-refractivity contribution is 0.0746. The van der Waals surface area contributed by atoms with Crippen LogP contribution < -0.4 is 30.7 Å². The van der Waals surface area contributed by atoms with Gasteiger partial charge in [-0.15, -0.1) is 0 Å². The summed E-state index contributed by atoms with van der Waals surface area (Å²) in [6.07, 6.45) is 3.41. The molecule has 1 aliphatic carbocycles. The van der Waals surface area contributed by atoms with E-state index in [0.29, 0.717) is 65.6 Å². The topological polar surface area (TPSA) is 150 Å². The van der Waals surface area contributed by atoms with E-state index in [2.05, 4.69) is 21.6 Å². The largest absolute Gasteiger partial charge is 0.493 e. The van der Waals surface area contributed by atoms with Crippen molar-refractivity contribution in [2.45, 2.75) is 37.8 Å². The second kappa shape index (κ2) is 14.1. The average molecular weight is 611 g/mol. The second-order valence-electron chi connectivity index (χ2n) is 11.3. The molecule has 0 bridgehead atoms. The molecule has 3 aromatic rings. The van der Waals surface area contributed by atoms with Crippen LogP contribution in [0.4, 0.5) is 11.4 Å². The third-order valence-electron chi connectivity index (χ3n) is 8.43. The first kappa shape index (κ1) is 31.3. The highest BCUT2D eigenvalue weighted by Gasteiger charge is 2.26. The first-order chi connectivity index (χ1) is 21.8. The molecule has 1 saturated carbocycles. The number of rotatable bonds is 8. The smallest absolute Gasteiger partial charge is 0.255 e. The Balaban J connectivity index is 1.35. The second-order valence-corrected chi connectivity index (χ2v) is 11.3. The van der Waals surface area contributed by atoms with Crippen molar-refractivity contribution in [3.63, 3.8) is 0 Å². The monoisotopic (exact) mass is 610 g/mol. The SMILES string of the molecule is COc1ccc(C(=O)Nc2cc(C(=O)NC3CCC(N)CC3)ccc2N2CCN(C(=O)c3ccc(C#N)cc3)CC2)cc1OC. The van der Waals surface area contributed by atoms with Crippen LogP contribution in [0.3, 0.4) is 0 Å². The zero-order chi connectivity index (χ0) is 31.9. The number of amides is 3. The Bertz CT molecular complexity index is 1590. The number of methoxy groups -OCH3 is 2. The van der Waals surface area contributed by atoms with Gasteiger partial charge in [0, 0.05) is 55.0 Å². The van der Waals surface area contributed by atoms with E-state index in [9.17, 15) is 14.4 Å². The van der Waals surface area contributed by atoms with E-state index in [1.165, 1.54) is 14.2 Å². The molecule has 1 aliphatic heterocycles. The summed E-state index contributed by atoms with van der Waals surface area (Å²) in [5.41, 5.74) is 9.10. The number of anilines is 2. The maximum absolute atomic E-state index is 13.5. The number of ether oxygens (including phenoxy) is 2. The van der Waals surface area contributed by atoms with Crippen LogP contribution in [0.2, 0.25) is 0 Å². The van der Waals surface area contributed by atoms with Crippen molar-refractivity contribution < 1.29 is 23.9 Å². The van der Waals surface area contributed by atoms with Crippen molar-refractivity contribution in [2.75, 3.05) is 50.6 Å². The molecule has 3 amide bonds. The Morgan fingerprint density at radius 1 is 0.800 bits per heavy atom. The Hall–Kier alpha value is -5.08. The summed E-state index contributed by atoms with van der Waals surface area (Å²) in [4.78, 5) is 43.7. The zero-order valence-electron chi connectivity index (χ0n) is 25.5. The molecule has 3 aromatic carbocycles. The lowest BCUT2D eigenvalue weighted by Gasteiger charge is -2.37. The standard InChI is InChI=1S/C34H38N6O5/c1-44-30-14-8-25(20-31(30)45-2)33(42)38-28-19-24(32(41)37-27-11-9-26(36)10-12-27)7-13-29(28)39-15-17-40(18-16-39)34(43)23-5-3-22(21-35)4-6-23/h3-8,13-14,19-20,26-27H,9-12,15-18,36H2,1-2H3,(H,37,41)(H,38,42). The first-order valence-electron chi connectivity index (χ1n) is 15.1. The van der Waals surface area contributed by atoms with Gasteiger partial charge in [-0.3, -0.25) is 14.4 Å². The number of carbonyl (C=O) groups excluding carboxylic acids is 3. The maximum Gasteiger partial charge on any atom is 0.255 e. The predicted molar refractivity (Wildman–Crippen MR) is 171 cm³/mol. The van der Waals surface area contributed by atoms with E-state index < -0.39 is 0 Å². The van der Waals surface area contributed by atoms with Gasteiger partial charge in [0.05, 0.1) is 37.2 Å². The molecule has 234 valence electrons. The molecule has 11 heteroatoms. The summed E-state index contributed by atoms with van der Waals surface area (Å²) in [6, 6.07) is 19.1. The molecule has 1 heterocycles. The molecule has 2 aliphatic rings. The number of nitrogens with zero attached hydrogens (tertiary/aromatic N) is 3. The molecular formula is C34H38N6O5. The minimum atomic E-state index is -0.370. The van der Waals surface area contributed by atoms with Crippen LogP contribution in [-0.2, 0) is 0 Å². The third-order valence-corrected chi connectivity index (χ3v) is 8.43. The number of hydrogen-bond donors (Lipinski definition) is 3. The maximum atomic E-state index is 13.5. The molecule has 11 nitrogen and oxygen atoms in total. The highest BCUT2D eigenvalue weighted by molar-refractivity contribution is 6.07. The van der Waals surface area contributed by atoms with E-state index in [4.69, 9.17) is 20.5 Å². The molecule has 1 saturated heterocycles. The quantitative estimate of drug-likeness (QED) is 0.349. The lowest BCUT2D eigenvalue weighted by Crippen LogP contribution is -2.49. The summed E-state index contributed by atoms with van der Waals surface area (Å²) in [5.74, 6) is 0.253. The van der Waals surface area contributed by atoms with E-state index in [0.717, 1.165) is 31.4 Å². The van der Waals surface area contributed by atoms with Crippen molar-refractivity contribution in [1.29, 1.82) is 5.26 Å². The summed E-state index contributed by atoms with van der Waals surface area (Å²) in [7, 11) is 3.03. The molecule has 0 atom stereocenters. The van der Waals surface area contributed by atoms with Gasteiger partial charge in [-0.2, -0.15) is 5.26 Å². The number of carbonyl (C=O) groups is 3. The molecule has 0 radical (unpaired) electrons. The summed E-state index contributed by atoms with van der Waals surface area (Å²) < 4.78 is 10.7. The predicted octanol–water partition coefficient (Wildman–Crippen LogP) is 3.79. The van der Waals surface area contributed by atoms with Crippen LogP contribution in [0, 0.1) is 11.3 Å². The molecular weight excluding hydrogens is 572 g/mol. The van der Waals surface area contributed by atoms with Crippen molar-refractivity contribution in [3.05, 3.63) is 82.9 Å². The average Bonchev–Trinajstić information content (AvgIpc) is 3.08. The molecule has 4 N–H and O–H groups in total. The molecule has 0 unspecified atom stereocenters. The van der Waals surface area contributed by atoms with Gasteiger partial charge in [-0.05, 0) is 86.3 Å². The van der Waals surface area contributed by atoms with E-state index >= 15 is 0 Å². The van der Waals surface area contributed by atoms with Crippen LogP contribution in [0.1, 0.15) is 62.3 Å². The highest BCUT2D eigenvalue weighted by atomic mass is 16.5. The number of hydrogen-bond acceptors (Lipinski definition) is 8. The fourth-order valence-electron chi connectivity index (χ4n) is 5.78. The molecule has 2 fully saturated rings. The van der Waals surface area contributed by atoms with Gasteiger partial charge in [0.15, 0.2) is 11.5 Å². The molecule has 5 rings (SSSR count). The van der Waals surface area contributed by atoms with Gasteiger partial charge in [0.1, 0.15) is 0 Å². The normalized spacial score (nSPS) is 18.0. The van der Waals surface area contributed by atoms with E-state index in [1.807, 2.05) is 6.07 Å². The van der Waals surface area contributed by atoms with Gasteiger partial charge in [0.25, 0.3) is 17.7 Å². The van der Waals surface area contributed by atoms with Gasteiger partial charge in [-0.25, -0.2) is 0 Å². The Kier molecular flexibility index (Phi) is 9.85. The van der Waals surface area contributed by atoms with Gasteiger partial charge >= 0.3 is 0 Å². The number of nitrogens with one attached hydrogen (secondary N) is 2. The number of piperazine rings is 1. The first-order valence-corrected chi connectivity index (χ1v) is 15.1. The third kappa shape index (κ3) is 7.36. The Labute approximate surface area is 262 Å². The molecule has 0 aromatic heterocycles. The zero-order valence-corrected chi connectivity index (χ0v) is 25.5. The minimum Gasteiger partial charge on any atom is -0.493 e. The van der Waals surface area contributed by atoms with Crippen LogP contribution in [0.25, 0.3) is 0 Å². The number of nitriles is 1. The van der Waals surface area contributed by atoms with Gasteiger partial charge in [0.2, 0.25) is 0 Å². The minimum absolute atomic E-state index is 0.0588. The summed E-state index contributed by atoms with van der Waals surface area (Å²) in [5, 5.41) is 15.2. The van der Waals surface area contributed by atoms with E-state index in [-0.39, 0.29) is 29.8 Å². The molecule has 45 heavy (non-hydrogen) atoms. The van der Waals surface area contributed by atoms with Crippen LogP contribution >= 0.6 is 0 Å². The van der Waals surface area contributed by atoms with Gasteiger partial charge in [-0.1, -0.05) is 0 Å². The van der Waals surface area contributed by atoms with Crippen molar-refractivity contribution >= 4 is 29.1 Å². The van der Waals surface area contributed by atoms with Crippen LogP contribution in [-0.4, -0.2) is 75.1 Å². The fourth-order valence-corrected chi connectivity index (χ4v) is 5.78.